The summed E-state index contributed by atoms with van der Waals surface area (Å²) in [4.78, 5) is 14.9. The van der Waals surface area contributed by atoms with Gasteiger partial charge >= 0.3 is 0 Å². The van der Waals surface area contributed by atoms with E-state index < -0.39 is 0 Å². The predicted molar refractivity (Wildman–Crippen MR) is 92.0 cm³/mol. The van der Waals surface area contributed by atoms with Gasteiger partial charge in [-0.1, -0.05) is 49.4 Å². The largest absolute Gasteiger partial charge is 0.324 e. The highest BCUT2D eigenvalue weighted by molar-refractivity contribution is 5.96. The summed E-state index contributed by atoms with van der Waals surface area (Å²) in [7, 11) is 1.97. The molecule has 0 bridgehead atoms. The lowest BCUT2D eigenvalue weighted by Crippen LogP contribution is -2.34. The number of amides is 1. The van der Waals surface area contributed by atoms with Crippen LogP contribution in [0.15, 0.2) is 48.5 Å². The third-order valence-corrected chi connectivity index (χ3v) is 3.95. The van der Waals surface area contributed by atoms with E-state index in [4.69, 9.17) is 0 Å². The molecule has 116 valence electrons. The van der Waals surface area contributed by atoms with Crippen molar-refractivity contribution >= 4 is 11.6 Å². The molecule has 0 aromatic heterocycles. The molecule has 0 saturated carbocycles. The van der Waals surface area contributed by atoms with Crippen molar-refractivity contribution in [2.75, 3.05) is 18.9 Å². The molecule has 3 nitrogen and oxygen atoms in total. The van der Waals surface area contributed by atoms with Crippen LogP contribution >= 0.6 is 0 Å². The molecule has 0 heterocycles. The molecule has 1 atom stereocenters. The number of benzene rings is 2. The first-order valence-electron chi connectivity index (χ1n) is 7.66. The normalized spacial score (nSPS) is 12.2. The molecule has 0 spiro atoms. The average Bonchev–Trinajstić information content (AvgIpc) is 2.52. The van der Waals surface area contributed by atoms with Gasteiger partial charge in [-0.3, -0.25) is 9.69 Å². The topological polar surface area (TPSA) is 32.3 Å². The van der Waals surface area contributed by atoms with E-state index in [-0.39, 0.29) is 11.9 Å². The van der Waals surface area contributed by atoms with E-state index in [1.165, 1.54) is 0 Å². The zero-order valence-corrected chi connectivity index (χ0v) is 13.8. The lowest BCUT2D eigenvalue weighted by atomic mass is 10.0. The number of hydrogen-bond acceptors (Lipinski definition) is 2. The zero-order valence-electron chi connectivity index (χ0n) is 13.8. The Morgan fingerprint density at radius 1 is 1.14 bits per heavy atom. The van der Waals surface area contributed by atoms with Crippen LogP contribution in [-0.2, 0) is 4.79 Å². The molecule has 1 unspecified atom stereocenters. The van der Waals surface area contributed by atoms with Crippen LogP contribution in [0.4, 0.5) is 5.69 Å². The molecule has 22 heavy (non-hydrogen) atoms. The van der Waals surface area contributed by atoms with Crippen molar-refractivity contribution in [3.63, 3.8) is 0 Å². The summed E-state index contributed by atoms with van der Waals surface area (Å²) in [5, 5.41) is 3.08. The number of carbonyl (C=O) groups is 1. The molecule has 2 rings (SSSR count). The van der Waals surface area contributed by atoms with Crippen LogP contribution in [0.5, 0.6) is 0 Å². The SMILES string of the molecule is CCN(C)C(C(=O)Nc1cc(C)ccc1C)c1ccccc1. The van der Waals surface area contributed by atoms with Gasteiger partial charge < -0.3 is 5.32 Å². The first kappa shape index (κ1) is 16.2. The van der Waals surface area contributed by atoms with Gasteiger partial charge in [0, 0.05) is 5.69 Å². The zero-order chi connectivity index (χ0) is 16.1. The minimum atomic E-state index is -0.286. The second kappa shape index (κ2) is 7.23. The Morgan fingerprint density at radius 2 is 1.82 bits per heavy atom. The number of aryl methyl sites for hydroxylation is 2. The first-order chi connectivity index (χ1) is 10.5. The number of carbonyl (C=O) groups excluding carboxylic acids is 1. The Morgan fingerprint density at radius 3 is 2.45 bits per heavy atom. The van der Waals surface area contributed by atoms with Crippen LogP contribution in [-0.4, -0.2) is 24.4 Å². The van der Waals surface area contributed by atoms with Crippen molar-refractivity contribution in [2.45, 2.75) is 26.8 Å². The van der Waals surface area contributed by atoms with Crippen molar-refractivity contribution in [2.24, 2.45) is 0 Å². The van der Waals surface area contributed by atoms with E-state index in [0.29, 0.717) is 0 Å². The van der Waals surface area contributed by atoms with Gasteiger partial charge in [0.05, 0.1) is 0 Å². The van der Waals surface area contributed by atoms with E-state index in [1.54, 1.807) is 0 Å². The summed E-state index contributed by atoms with van der Waals surface area (Å²) < 4.78 is 0. The second-order valence-corrected chi connectivity index (χ2v) is 5.69. The van der Waals surface area contributed by atoms with Crippen molar-refractivity contribution in [1.82, 2.24) is 4.90 Å². The Balaban J connectivity index is 2.28. The minimum Gasteiger partial charge on any atom is -0.324 e. The summed E-state index contributed by atoms with van der Waals surface area (Å²) in [6.45, 7) is 6.90. The first-order valence-corrected chi connectivity index (χ1v) is 7.66. The van der Waals surface area contributed by atoms with Gasteiger partial charge in [0.25, 0.3) is 0 Å². The monoisotopic (exact) mass is 296 g/mol. The summed E-state index contributed by atoms with van der Waals surface area (Å²) in [5.74, 6) is 0.00394. The number of likely N-dealkylation sites (N-methyl/N-ethyl adjacent to an activating group) is 1. The molecule has 0 aliphatic carbocycles. The van der Waals surface area contributed by atoms with E-state index >= 15 is 0 Å². The Kier molecular flexibility index (Phi) is 5.34. The van der Waals surface area contributed by atoms with Crippen LogP contribution in [0.1, 0.15) is 29.7 Å². The fourth-order valence-corrected chi connectivity index (χ4v) is 2.50. The maximum atomic E-state index is 12.8. The van der Waals surface area contributed by atoms with Crippen LogP contribution in [0.2, 0.25) is 0 Å². The van der Waals surface area contributed by atoms with Crippen LogP contribution in [0.25, 0.3) is 0 Å². The Bertz CT molecular complexity index is 637. The summed E-state index contributed by atoms with van der Waals surface area (Å²) in [5.41, 5.74) is 4.11. The predicted octanol–water partition coefficient (Wildman–Crippen LogP) is 3.93. The van der Waals surface area contributed by atoms with Gasteiger partial charge in [-0.15, -0.1) is 0 Å². The van der Waals surface area contributed by atoms with E-state index in [9.17, 15) is 4.79 Å². The van der Waals surface area contributed by atoms with Gasteiger partial charge in [0.15, 0.2) is 0 Å². The fourth-order valence-electron chi connectivity index (χ4n) is 2.50. The highest BCUT2D eigenvalue weighted by Gasteiger charge is 2.24. The lowest BCUT2D eigenvalue weighted by Gasteiger charge is -2.26. The summed E-state index contributed by atoms with van der Waals surface area (Å²) in [6.07, 6.45) is 0. The number of hydrogen-bond donors (Lipinski definition) is 1. The van der Waals surface area contributed by atoms with Crippen molar-refractivity contribution in [3.8, 4) is 0 Å². The Hall–Kier alpha value is -2.13. The van der Waals surface area contributed by atoms with Gasteiger partial charge in [0.1, 0.15) is 6.04 Å². The van der Waals surface area contributed by atoms with Crippen molar-refractivity contribution in [1.29, 1.82) is 0 Å². The summed E-state index contributed by atoms with van der Waals surface area (Å²) >= 11 is 0. The maximum absolute atomic E-state index is 12.8. The number of nitrogens with zero attached hydrogens (tertiary/aromatic N) is 1. The molecule has 3 heteroatoms. The number of nitrogens with one attached hydrogen (secondary N) is 1. The third-order valence-electron chi connectivity index (χ3n) is 3.95. The van der Waals surface area contributed by atoms with Crippen molar-refractivity contribution < 1.29 is 4.79 Å². The molecule has 2 aromatic rings. The molecular weight excluding hydrogens is 272 g/mol. The van der Waals surface area contributed by atoms with Crippen molar-refractivity contribution in [3.05, 3.63) is 65.2 Å². The molecule has 0 saturated heterocycles. The summed E-state index contributed by atoms with van der Waals surface area (Å²) in [6, 6.07) is 15.7. The van der Waals surface area contributed by atoms with E-state index in [2.05, 4.69) is 23.2 Å². The smallest absolute Gasteiger partial charge is 0.246 e. The van der Waals surface area contributed by atoms with Gasteiger partial charge in [-0.25, -0.2) is 0 Å². The van der Waals surface area contributed by atoms with E-state index in [0.717, 1.165) is 28.9 Å². The van der Waals surface area contributed by atoms with Crippen LogP contribution in [0.3, 0.4) is 0 Å². The third kappa shape index (κ3) is 3.74. The molecule has 1 amide bonds. The number of rotatable bonds is 5. The van der Waals surface area contributed by atoms with Gasteiger partial charge in [-0.2, -0.15) is 0 Å². The minimum absolute atomic E-state index is 0.00394. The number of anilines is 1. The van der Waals surface area contributed by atoms with Crippen LogP contribution < -0.4 is 5.32 Å². The molecule has 1 N–H and O–H groups in total. The Labute approximate surface area is 133 Å². The average molecular weight is 296 g/mol. The molecule has 0 radical (unpaired) electrons. The molecule has 0 aliphatic rings. The van der Waals surface area contributed by atoms with Crippen LogP contribution in [0, 0.1) is 13.8 Å². The molecule has 2 aromatic carbocycles. The standard InChI is InChI=1S/C19H24N2O/c1-5-21(4)18(16-9-7-6-8-10-16)19(22)20-17-13-14(2)11-12-15(17)3/h6-13,18H,5H2,1-4H3,(H,20,22). The highest BCUT2D eigenvalue weighted by Crippen LogP contribution is 2.23. The lowest BCUT2D eigenvalue weighted by molar-refractivity contribution is -0.121. The maximum Gasteiger partial charge on any atom is 0.246 e. The van der Waals surface area contributed by atoms with E-state index in [1.807, 2.05) is 63.4 Å². The highest BCUT2D eigenvalue weighted by atomic mass is 16.2. The molecule has 0 fully saturated rings. The molecular formula is C19H24N2O. The fraction of sp³-hybridized carbons (Fsp3) is 0.316. The quantitative estimate of drug-likeness (QED) is 0.906. The van der Waals surface area contributed by atoms with Gasteiger partial charge in [-0.05, 0) is 50.2 Å². The second-order valence-electron chi connectivity index (χ2n) is 5.69. The van der Waals surface area contributed by atoms with Gasteiger partial charge in [0.2, 0.25) is 5.91 Å². The molecule has 0 aliphatic heterocycles.